The Labute approximate surface area is 198 Å². The van der Waals surface area contributed by atoms with E-state index in [0.717, 1.165) is 16.8 Å². The third-order valence-corrected chi connectivity index (χ3v) is 6.43. The zero-order chi connectivity index (χ0) is 24.0. The average Bonchev–Trinajstić information content (AvgIpc) is 3.10. The minimum absolute atomic E-state index is 0.0277. The molecule has 0 unspecified atom stereocenters. The largest absolute Gasteiger partial charge is 0.495 e. The summed E-state index contributed by atoms with van der Waals surface area (Å²) < 4.78 is 7.17. The number of ether oxygens (including phenoxy) is 1. The molecule has 0 saturated carbocycles. The Morgan fingerprint density at radius 3 is 2.47 bits per heavy atom. The quantitative estimate of drug-likeness (QED) is 0.436. The fourth-order valence-corrected chi connectivity index (χ4v) is 4.88. The lowest BCUT2D eigenvalue weighted by atomic mass is 9.95. The van der Waals surface area contributed by atoms with Gasteiger partial charge in [0.25, 0.3) is 5.56 Å². The number of nitrogens with zero attached hydrogens (tertiary/aromatic N) is 3. The molecule has 3 aromatic carbocycles. The van der Waals surface area contributed by atoms with Crippen molar-refractivity contribution in [2.24, 2.45) is 0 Å². The predicted octanol–water partition coefficient (Wildman–Crippen LogP) is 4.78. The van der Waals surface area contributed by atoms with Gasteiger partial charge in [0, 0.05) is 18.2 Å². The maximum atomic E-state index is 13.7. The van der Waals surface area contributed by atoms with E-state index >= 15 is 0 Å². The molecule has 0 fully saturated rings. The van der Waals surface area contributed by atoms with Gasteiger partial charge >= 0.3 is 0 Å². The number of rotatable bonds is 5. The first kappa shape index (κ1) is 21.9. The van der Waals surface area contributed by atoms with Gasteiger partial charge in [-0.25, -0.2) is 4.98 Å². The molecule has 6 heteroatoms. The molecule has 0 bridgehead atoms. The molecule has 1 atom stereocenters. The Hall–Kier alpha value is -3.93. The van der Waals surface area contributed by atoms with Gasteiger partial charge in [0.2, 0.25) is 5.91 Å². The minimum Gasteiger partial charge on any atom is -0.495 e. The standard InChI is InChI=1S/C28H27N3O3/c1-17(2)30-23-14-13-18(3)15-20(23)21(28(30)33)16-26-29-22-10-6-5-9-19(22)27(32)31(26)24-11-7-8-12-25(24)34-4/h5-15,17,21H,16H2,1-4H3/t21-/m0/s1. The second kappa shape index (κ2) is 8.45. The molecule has 1 aromatic heterocycles. The number of carbonyl (C=O) groups is 1. The van der Waals surface area contributed by atoms with Gasteiger partial charge in [-0.15, -0.1) is 0 Å². The van der Waals surface area contributed by atoms with Crippen LogP contribution in [0.25, 0.3) is 16.6 Å². The summed E-state index contributed by atoms with van der Waals surface area (Å²) in [6, 6.07) is 20.9. The summed E-state index contributed by atoms with van der Waals surface area (Å²) in [5.41, 5.74) is 4.05. The van der Waals surface area contributed by atoms with Crippen molar-refractivity contribution in [2.75, 3.05) is 12.0 Å². The highest BCUT2D eigenvalue weighted by molar-refractivity contribution is 6.05. The number of amides is 1. The second-order valence-corrected chi connectivity index (χ2v) is 8.98. The van der Waals surface area contributed by atoms with Gasteiger partial charge < -0.3 is 9.64 Å². The first-order chi connectivity index (χ1) is 16.4. The second-order valence-electron chi connectivity index (χ2n) is 8.98. The number of hydrogen-bond acceptors (Lipinski definition) is 4. The van der Waals surface area contributed by atoms with Crippen molar-refractivity contribution >= 4 is 22.5 Å². The molecule has 0 spiro atoms. The number of fused-ring (bicyclic) bond motifs is 2. The average molecular weight is 454 g/mol. The Bertz CT molecular complexity index is 1470. The van der Waals surface area contributed by atoms with Crippen LogP contribution in [0.3, 0.4) is 0 Å². The van der Waals surface area contributed by atoms with Gasteiger partial charge in [-0.05, 0) is 56.7 Å². The van der Waals surface area contributed by atoms with E-state index < -0.39 is 5.92 Å². The summed E-state index contributed by atoms with van der Waals surface area (Å²) in [6.07, 6.45) is 0.302. The normalized spacial score (nSPS) is 15.3. The molecule has 4 aromatic rings. The Morgan fingerprint density at radius 2 is 1.71 bits per heavy atom. The van der Waals surface area contributed by atoms with E-state index in [1.54, 1.807) is 17.7 Å². The molecule has 1 aliphatic heterocycles. The number of carbonyl (C=O) groups excluding carboxylic acids is 1. The predicted molar refractivity (Wildman–Crippen MR) is 134 cm³/mol. The number of para-hydroxylation sites is 3. The van der Waals surface area contributed by atoms with Gasteiger partial charge in [-0.1, -0.05) is 42.0 Å². The molecular weight excluding hydrogens is 426 g/mol. The molecule has 0 aliphatic carbocycles. The minimum atomic E-state index is -0.425. The number of aryl methyl sites for hydroxylation is 1. The Morgan fingerprint density at radius 1 is 0.971 bits per heavy atom. The third kappa shape index (κ3) is 3.46. The van der Waals surface area contributed by atoms with Crippen LogP contribution in [0.1, 0.15) is 36.7 Å². The molecule has 34 heavy (non-hydrogen) atoms. The number of methoxy groups -OCH3 is 1. The lowest BCUT2D eigenvalue weighted by Crippen LogP contribution is -2.36. The van der Waals surface area contributed by atoms with Crippen LogP contribution in [0, 0.1) is 6.92 Å². The highest BCUT2D eigenvalue weighted by atomic mass is 16.5. The molecule has 0 saturated heterocycles. The van der Waals surface area contributed by atoms with Crippen molar-refractivity contribution in [2.45, 2.75) is 39.2 Å². The van der Waals surface area contributed by atoms with Crippen LogP contribution in [-0.4, -0.2) is 28.6 Å². The number of anilines is 1. The van der Waals surface area contributed by atoms with Crippen molar-refractivity contribution in [3.63, 3.8) is 0 Å². The summed E-state index contributed by atoms with van der Waals surface area (Å²) in [6.45, 7) is 6.06. The van der Waals surface area contributed by atoms with Gasteiger partial charge in [-0.3, -0.25) is 14.2 Å². The van der Waals surface area contributed by atoms with Crippen molar-refractivity contribution in [1.29, 1.82) is 0 Å². The molecule has 172 valence electrons. The lowest BCUT2D eigenvalue weighted by molar-refractivity contribution is -0.119. The van der Waals surface area contributed by atoms with E-state index in [0.29, 0.717) is 34.6 Å². The molecular formula is C28H27N3O3. The van der Waals surface area contributed by atoms with Gasteiger partial charge in [0.05, 0.1) is 29.6 Å². The zero-order valence-electron chi connectivity index (χ0n) is 19.8. The maximum absolute atomic E-state index is 13.7. The van der Waals surface area contributed by atoms with E-state index in [9.17, 15) is 9.59 Å². The van der Waals surface area contributed by atoms with Gasteiger partial charge in [0.1, 0.15) is 11.6 Å². The van der Waals surface area contributed by atoms with Crippen LogP contribution in [-0.2, 0) is 11.2 Å². The van der Waals surface area contributed by atoms with Crippen molar-refractivity contribution in [1.82, 2.24) is 9.55 Å². The highest BCUT2D eigenvalue weighted by Crippen LogP contribution is 2.41. The first-order valence-electron chi connectivity index (χ1n) is 11.5. The number of hydrogen-bond donors (Lipinski definition) is 0. The third-order valence-electron chi connectivity index (χ3n) is 6.43. The smallest absolute Gasteiger partial charge is 0.266 e. The van der Waals surface area contributed by atoms with E-state index in [1.807, 2.05) is 80.3 Å². The van der Waals surface area contributed by atoms with Crippen LogP contribution in [0.15, 0.2) is 71.5 Å². The van der Waals surface area contributed by atoms with Crippen LogP contribution in [0.5, 0.6) is 5.75 Å². The molecule has 2 heterocycles. The fourth-order valence-electron chi connectivity index (χ4n) is 4.88. The number of benzene rings is 3. The van der Waals surface area contributed by atoms with Crippen LogP contribution < -0.4 is 15.2 Å². The Kier molecular flexibility index (Phi) is 5.44. The summed E-state index contributed by atoms with van der Waals surface area (Å²) in [4.78, 5) is 34.1. The summed E-state index contributed by atoms with van der Waals surface area (Å²) in [5.74, 6) is 0.709. The van der Waals surface area contributed by atoms with Crippen molar-refractivity contribution < 1.29 is 9.53 Å². The first-order valence-corrected chi connectivity index (χ1v) is 11.5. The summed E-state index contributed by atoms with van der Waals surface area (Å²) >= 11 is 0. The number of aromatic nitrogens is 2. The van der Waals surface area contributed by atoms with E-state index in [-0.39, 0.29) is 17.5 Å². The van der Waals surface area contributed by atoms with Crippen LogP contribution in [0.4, 0.5) is 5.69 Å². The van der Waals surface area contributed by atoms with E-state index in [2.05, 4.69) is 6.07 Å². The van der Waals surface area contributed by atoms with Crippen LogP contribution >= 0.6 is 0 Å². The van der Waals surface area contributed by atoms with Crippen molar-refractivity contribution in [3.8, 4) is 11.4 Å². The molecule has 5 rings (SSSR count). The Balaban J connectivity index is 1.73. The topological polar surface area (TPSA) is 64.4 Å². The van der Waals surface area contributed by atoms with Gasteiger partial charge in [-0.2, -0.15) is 0 Å². The highest BCUT2D eigenvalue weighted by Gasteiger charge is 2.39. The fraction of sp³-hybridized carbons (Fsp3) is 0.250. The molecule has 1 amide bonds. The summed E-state index contributed by atoms with van der Waals surface area (Å²) in [7, 11) is 1.58. The van der Waals surface area contributed by atoms with Gasteiger partial charge in [0.15, 0.2) is 0 Å². The van der Waals surface area contributed by atoms with Crippen LogP contribution in [0.2, 0.25) is 0 Å². The maximum Gasteiger partial charge on any atom is 0.266 e. The molecule has 0 radical (unpaired) electrons. The lowest BCUT2D eigenvalue weighted by Gasteiger charge is -2.23. The SMILES string of the molecule is COc1ccccc1-n1c(C[C@@H]2C(=O)N(C(C)C)c3ccc(C)cc32)nc2ccccc2c1=O. The molecule has 6 nitrogen and oxygen atoms in total. The monoisotopic (exact) mass is 453 g/mol. The zero-order valence-corrected chi connectivity index (χ0v) is 19.8. The summed E-state index contributed by atoms with van der Waals surface area (Å²) in [5, 5.41) is 0.523. The van der Waals surface area contributed by atoms with Crippen molar-refractivity contribution in [3.05, 3.63) is 94.0 Å². The van der Waals surface area contributed by atoms with E-state index in [4.69, 9.17) is 9.72 Å². The molecule has 0 N–H and O–H groups in total. The van der Waals surface area contributed by atoms with E-state index in [1.165, 1.54) is 0 Å². The molecule has 1 aliphatic rings.